The van der Waals surface area contributed by atoms with E-state index in [-0.39, 0.29) is 15.9 Å². The Balaban J connectivity index is 1.37. The highest BCUT2D eigenvalue weighted by atomic mass is 32.2. The molecule has 0 spiro atoms. The van der Waals surface area contributed by atoms with Crippen molar-refractivity contribution in [2.75, 3.05) is 35.8 Å². The number of hydrogen-bond donors (Lipinski definition) is 1. The zero-order chi connectivity index (χ0) is 21.1. The molecule has 4 rings (SSSR count). The number of anilines is 2. The lowest BCUT2D eigenvalue weighted by Gasteiger charge is -2.36. The van der Waals surface area contributed by atoms with Gasteiger partial charge in [-0.25, -0.2) is 12.8 Å². The van der Waals surface area contributed by atoms with Gasteiger partial charge in [-0.05, 0) is 60.0 Å². The van der Waals surface area contributed by atoms with E-state index in [4.69, 9.17) is 0 Å². The third-order valence-corrected chi connectivity index (χ3v) is 7.68. The average Bonchev–Trinajstić information content (AvgIpc) is 3.30. The summed E-state index contributed by atoms with van der Waals surface area (Å²) in [5.74, 6) is -0.366. The Bertz CT molecular complexity index is 1110. The summed E-state index contributed by atoms with van der Waals surface area (Å²) in [6.45, 7) is 2.44. The summed E-state index contributed by atoms with van der Waals surface area (Å²) >= 11 is 1.14. The maximum Gasteiger partial charge on any atom is 0.271 e. The highest BCUT2D eigenvalue weighted by Crippen LogP contribution is 2.22. The molecule has 1 fully saturated rings. The van der Waals surface area contributed by atoms with Crippen LogP contribution >= 0.6 is 11.3 Å². The molecule has 2 heterocycles. The van der Waals surface area contributed by atoms with Gasteiger partial charge in [-0.2, -0.15) is 0 Å². The van der Waals surface area contributed by atoms with Crippen molar-refractivity contribution in [3.05, 3.63) is 77.4 Å². The molecule has 1 amide bonds. The van der Waals surface area contributed by atoms with Gasteiger partial charge in [0.25, 0.3) is 15.9 Å². The van der Waals surface area contributed by atoms with Crippen molar-refractivity contribution in [3.63, 3.8) is 0 Å². The van der Waals surface area contributed by atoms with Crippen molar-refractivity contribution < 1.29 is 17.6 Å². The molecule has 2 aromatic carbocycles. The molecule has 0 saturated carbocycles. The number of nitrogens with zero attached hydrogens (tertiary/aromatic N) is 2. The van der Waals surface area contributed by atoms with Crippen LogP contribution in [0.4, 0.5) is 15.8 Å². The average molecular weight is 446 g/mol. The van der Waals surface area contributed by atoms with Gasteiger partial charge in [0.15, 0.2) is 0 Å². The topological polar surface area (TPSA) is 69.7 Å². The summed E-state index contributed by atoms with van der Waals surface area (Å²) in [5, 5.41) is 1.70. The number of piperazine rings is 1. The molecule has 0 radical (unpaired) electrons. The molecule has 1 aliphatic heterocycles. The fraction of sp³-hybridized carbons (Fsp3) is 0.190. The fourth-order valence-electron chi connectivity index (χ4n) is 3.30. The Hall–Kier alpha value is -2.91. The molecule has 3 aromatic rings. The van der Waals surface area contributed by atoms with E-state index >= 15 is 0 Å². The predicted octanol–water partition coefficient (Wildman–Crippen LogP) is 3.65. The Morgan fingerprint density at radius 2 is 1.60 bits per heavy atom. The number of thiophene rings is 1. The predicted molar refractivity (Wildman–Crippen MR) is 116 cm³/mol. The number of nitrogens with one attached hydrogen (secondary N) is 1. The van der Waals surface area contributed by atoms with E-state index in [2.05, 4.69) is 9.62 Å². The van der Waals surface area contributed by atoms with Crippen LogP contribution in [0.25, 0.3) is 0 Å². The molecule has 0 unspecified atom stereocenters. The maximum absolute atomic E-state index is 13.1. The van der Waals surface area contributed by atoms with Crippen LogP contribution in [0.15, 0.2) is 70.3 Å². The number of hydrogen-bond acceptors (Lipinski definition) is 5. The van der Waals surface area contributed by atoms with Crippen LogP contribution in [0, 0.1) is 5.82 Å². The Labute approximate surface area is 178 Å². The van der Waals surface area contributed by atoms with Gasteiger partial charge in [-0.15, -0.1) is 11.3 Å². The standard InChI is InChI=1S/C21H20FN3O3S2/c22-17-5-9-19(10-6-17)24-11-13-25(14-12-24)21(26)16-3-7-18(8-4-16)23-30(27,28)20-2-1-15-29-20/h1-10,15,23H,11-14H2. The monoisotopic (exact) mass is 445 g/mol. The van der Waals surface area contributed by atoms with Gasteiger partial charge in [-0.1, -0.05) is 6.07 Å². The molecule has 9 heteroatoms. The van der Waals surface area contributed by atoms with Crippen molar-refractivity contribution in [1.82, 2.24) is 4.90 Å². The van der Waals surface area contributed by atoms with Crippen molar-refractivity contribution >= 4 is 38.6 Å². The first-order valence-electron chi connectivity index (χ1n) is 9.38. The summed E-state index contributed by atoms with van der Waals surface area (Å²) in [6, 6.07) is 16.0. The van der Waals surface area contributed by atoms with Gasteiger partial charge in [0.05, 0.1) is 0 Å². The second kappa shape index (κ2) is 8.45. The second-order valence-electron chi connectivity index (χ2n) is 6.87. The van der Waals surface area contributed by atoms with Crippen molar-refractivity contribution in [3.8, 4) is 0 Å². The molecule has 1 aliphatic rings. The lowest BCUT2D eigenvalue weighted by atomic mass is 10.1. The fourth-order valence-corrected chi connectivity index (χ4v) is 5.36. The molecule has 156 valence electrons. The normalized spacial score (nSPS) is 14.6. The number of sulfonamides is 1. The third kappa shape index (κ3) is 4.47. The van der Waals surface area contributed by atoms with Gasteiger partial charge >= 0.3 is 0 Å². The smallest absolute Gasteiger partial charge is 0.271 e. The van der Waals surface area contributed by atoms with E-state index in [1.54, 1.807) is 52.7 Å². The number of halogens is 1. The quantitative estimate of drug-likeness (QED) is 0.651. The van der Waals surface area contributed by atoms with Crippen molar-refractivity contribution in [2.45, 2.75) is 4.21 Å². The summed E-state index contributed by atoms with van der Waals surface area (Å²) in [6.07, 6.45) is 0. The van der Waals surface area contributed by atoms with Gasteiger partial charge in [0.2, 0.25) is 0 Å². The van der Waals surface area contributed by atoms with E-state index in [0.29, 0.717) is 37.4 Å². The number of rotatable bonds is 5. The summed E-state index contributed by atoms with van der Waals surface area (Å²) < 4.78 is 40.4. The second-order valence-corrected chi connectivity index (χ2v) is 9.73. The van der Waals surface area contributed by atoms with Gasteiger partial charge in [-0.3, -0.25) is 9.52 Å². The van der Waals surface area contributed by atoms with Crippen LogP contribution in [0.1, 0.15) is 10.4 Å². The summed E-state index contributed by atoms with van der Waals surface area (Å²) in [5.41, 5.74) is 1.84. The molecular formula is C21H20FN3O3S2. The first-order chi connectivity index (χ1) is 14.4. The van der Waals surface area contributed by atoms with Gasteiger partial charge in [0.1, 0.15) is 10.0 Å². The molecule has 0 bridgehead atoms. The van der Waals surface area contributed by atoms with E-state index in [9.17, 15) is 17.6 Å². The Morgan fingerprint density at radius 3 is 2.20 bits per heavy atom. The van der Waals surface area contributed by atoms with Gasteiger partial charge < -0.3 is 9.80 Å². The molecule has 1 saturated heterocycles. The number of carbonyl (C=O) groups is 1. The summed E-state index contributed by atoms with van der Waals surface area (Å²) in [7, 11) is -3.61. The number of carbonyl (C=O) groups excluding carboxylic acids is 1. The third-order valence-electron chi connectivity index (χ3n) is 4.90. The zero-order valence-corrected chi connectivity index (χ0v) is 17.6. The lowest BCUT2D eigenvalue weighted by Crippen LogP contribution is -2.48. The van der Waals surface area contributed by atoms with Crippen LogP contribution in [-0.4, -0.2) is 45.4 Å². The molecule has 1 N–H and O–H groups in total. The highest BCUT2D eigenvalue weighted by Gasteiger charge is 2.22. The Morgan fingerprint density at radius 1 is 0.933 bits per heavy atom. The minimum absolute atomic E-state index is 0.0959. The lowest BCUT2D eigenvalue weighted by molar-refractivity contribution is 0.0747. The first-order valence-corrected chi connectivity index (χ1v) is 11.7. The molecule has 30 heavy (non-hydrogen) atoms. The van der Waals surface area contributed by atoms with Crippen LogP contribution in [0.5, 0.6) is 0 Å². The first kappa shape index (κ1) is 20.4. The highest BCUT2D eigenvalue weighted by molar-refractivity contribution is 7.94. The largest absolute Gasteiger partial charge is 0.368 e. The molecular weight excluding hydrogens is 425 g/mol. The van der Waals surface area contributed by atoms with E-state index < -0.39 is 10.0 Å². The van der Waals surface area contributed by atoms with Crippen LogP contribution in [0.3, 0.4) is 0 Å². The maximum atomic E-state index is 13.1. The minimum Gasteiger partial charge on any atom is -0.368 e. The molecule has 6 nitrogen and oxygen atoms in total. The molecule has 0 atom stereocenters. The van der Waals surface area contributed by atoms with Crippen LogP contribution in [-0.2, 0) is 10.0 Å². The SMILES string of the molecule is O=C(c1ccc(NS(=O)(=O)c2cccs2)cc1)N1CCN(c2ccc(F)cc2)CC1. The van der Waals surface area contributed by atoms with Crippen molar-refractivity contribution in [2.24, 2.45) is 0 Å². The molecule has 0 aliphatic carbocycles. The van der Waals surface area contributed by atoms with Crippen LogP contribution in [0.2, 0.25) is 0 Å². The Kier molecular flexibility index (Phi) is 5.74. The number of benzene rings is 2. The zero-order valence-electron chi connectivity index (χ0n) is 16.0. The van der Waals surface area contributed by atoms with Crippen LogP contribution < -0.4 is 9.62 Å². The molecule has 1 aromatic heterocycles. The van der Waals surface area contributed by atoms with E-state index in [0.717, 1.165) is 17.0 Å². The van der Waals surface area contributed by atoms with Gasteiger partial charge in [0, 0.05) is 43.1 Å². The minimum atomic E-state index is -3.61. The summed E-state index contributed by atoms with van der Waals surface area (Å²) in [4.78, 5) is 16.7. The van der Waals surface area contributed by atoms with Crippen molar-refractivity contribution in [1.29, 1.82) is 0 Å². The number of amides is 1. The van der Waals surface area contributed by atoms with E-state index in [1.807, 2.05) is 0 Å². The van der Waals surface area contributed by atoms with E-state index in [1.165, 1.54) is 18.2 Å².